The Bertz CT molecular complexity index is 881. The summed E-state index contributed by atoms with van der Waals surface area (Å²) in [5, 5.41) is 0. The molecular formula is C24H32N2O4. The molecule has 0 aromatic heterocycles. The van der Waals surface area contributed by atoms with Crippen LogP contribution in [0.15, 0.2) is 40.5 Å². The van der Waals surface area contributed by atoms with Crippen LogP contribution in [0, 0.1) is 11.3 Å². The van der Waals surface area contributed by atoms with E-state index in [1.807, 2.05) is 50.2 Å². The van der Waals surface area contributed by atoms with Gasteiger partial charge in [0.1, 0.15) is 12.5 Å². The number of ether oxygens (including phenoxy) is 2. The lowest BCUT2D eigenvalue weighted by molar-refractivity contribution is -0.147. The van der Waals surface area contributed by atoms with Gasteiger partial charge in [-0.1, -0.05) is 26.0 Å². The average Bonchev–Trinajstić information content (AvgIpc) is 2.66. The fourth-order valence-electron chi connectivity index (χ4n) is 4.41. The van der Waals surface area contributed by atoms with Crippen LogP contribution in [0.1, 0.15) is 45.1 Å². The van der Waals surface area contributed by atoms with Gasteiger partial charge in [0.25, 0.3) is 0 Å². The number of nitrogens with zero attached hydrogens (tertiary/aromatic N) is 2. The van der Waals surface area contributed by atoms with Crippen molar-refractivity contribution in [3.8, 4) is 0 Å². The molecule has 3 rings (SSSR count). The van der Waals surface area contributed by atoms with Gasteiger partial charge in [0.2, 0.25) is 0 Å². The third kappa shape index (κ3) is 4.48. The van der Waals surface area contributed by atoms with E-state index in [0.717, 1.165) is 23.4 Å². The Morgan fingerprint density at radius 1 is 1.17 bits per heavy atom. The lowest BCUT2D eigenvalue weighted by Crippen LogP contribution is -2.39. The fraction of sp³-hybridized carbons (Fsp3) is 0.542. The van der Waals surface area contributed by atoms with E-state index in [1.165, 1.54) is 0 Å². The van der Waals surface area contributed by atoms with E-state index >= 15 is 0 Å². The number of ketones is 1. The summed E-state index contributed by atoms with van der Waals surface area (Å²) in [6, 6.07) is 8.04. The minimum absolute atomic E-state index is 0.0777. The third-order valence-electron chi connectivity index (χ3n) is 5.86. The van der Waals surface area contributed by atoms with Gasteiger partial charge in [-0.05, 0) is 36.5 Å². The largest absolute Gasteiger partial charge is 0.463 e. The zero-order valence-electron chi connectivity index (χ0n) is 18.8. The zero-order valence-corrected chi connectivity index (χ0v) is 18.8. The van der Waals surface area contributed by atoms with E-state index in [1.54, 1.807) is 7.11 Å². The first kappa shape index (κ1) is 22.2. The fourth-order valence-corrected chi connectivity index (χ4v) is 4.41. The van der Waals surface area contributed by atoms with Gasteiger partial charge in [-0.2, -0.15) is 0 Å². The number of hydrogen-bond donors (Lipinski definition) is 0. The van der Waals surface area contributed by atoms with Gasteiger partial charge in [-0.3, -0.25) is 14.6 Å². The van der Waals surface area contributed by atoms with Crippen molar-refractivity contribution >= 4 is 23.2 Å². The van der Waals surface area contributed by atoms with Crippen LogP contribution < -0.4 is 4.90 Å². The number of carbonyl (C=O) groups excluding carboxylic acids is 2. The van der Waals surface area contributed by atoms with E-state index in [4.69, 9.17) is 14.5 Å². The molecule has 0 spiro atoms. The predicted octanol–water partition coefficient (Wildman–Crippen LogP) is 3.76. The van der Waals surface area contributed by atoms with Crippen LogP contribution in [-0.2, 0) is 19.1 Å². The van der Waals surface area contributed by atoms with Crippen molar-refractivity contribution in [2.24, 2.45) is 16.3 Å². The summed E-state index contributed by atoms with van der Waals surface area (Å²) in [5.74, 6) is -1.28. The summed E-state index contributed by atoms with van der Waals surface area (Å²) >= 11 is 0. The van der Waals surface area contributed by atoms with Crippen LogP contribution in [-0.4, -0.2) is 51.9 Å². The van der Waals surface area contributed by atoms with Gasteiger partial charge in [0.15, 0.2) is 5.78 Å². The molecule has 1 aliphatic carbocycles. The highest BCUT2D eigenvalue weighted by molar-refractivity contribution is 6.09. The van der Waals surface area contributed by atoms with Gasteiger partial charge >= 0.3 is 5.97 Å². The van der Waals surface area contributed by atoms with E-state index in [2.05, 4.69) is 13.8 Å². The molecule has 0 amide bonds. The normalized spacial score (nSPS) is 23.0. The second-order valence-electron chi connectivity index (χ2n) is 9.16. The first-order valence-corrected chi connectivity index (χ1v) is 10.4. The van der Waals surface area contributed by atoms with Crippen LogP contribution in [0.4, 0.5) is 5.69 Å². The molecule has 1 unspecified atom stereocenters. The first-order valence-electron chi connectivity index (χ1n) is 10.4. The lowest BCUT2D eigenvalue weighted by atomic mass is 9.67. The van der Waals surface area contributed by atoms with Crippen molar-refractivity contribution in [3.05, 3.63) is 41.1 Å². The summed E-state index contributed by atoms with van der Waals surface area (Å²) in [6.45, 7) is 6.55. The molecule has 1 aromatic rings. The second kappa shape index (κ2) is 8.72. The molecule has 0 radical (unpaired) electrons. The molecule has 30 heavy (non-hydrogen) atoms. The highest BCUT2D eigenvalue weighted by atomic mass is 16.6. The van der Waals surface area contributed by atoms with Gasteiger partial charge in [0.05, 0.1) is 6.61 Å². The molecule has 1 aromatic carbocycles. The molecule has 6 nitrogen and oxygen atoms in total. The maximum absolute atomic E-state index is 13.2. The van der Waals surface area contributed by atoms with Gasteiger partial charge in [0, 0.05) is 56.2 Å². The SMILES string of the molecule is COCCOC(=O)C1C(C)=NC2=C(C(=O)CC(C)(C)C2)[C@@H]1c1ccc(N(C)C)cc1. The van der Waals surface area contributed by atoms with Crippen LogP contribution in [0.25, 0.3) is 0 Å². The van der Waals surface area contributed by atoms with Crippen LogP contribution in [0.5, 0.6) is 0 Å². The van der Waals surface area contributed by atoms with Gasteiger partial charge in [-0.25, -0.2) is 0 Å². The highest BCUT2D eigenvalue weighted by Crippen LogP contribution is 2.48. The number of carbonyl (C=O) groups is 2. The number of Topliss-reactive ketones (excluding diaryl/α,β-unsaturated/α-hetero) is 1. The van der Waals surface area contributed by atoms with E-state index in [9.17, 15) is 9.59 Å². The van der Waals surface area contributed by atoms with Crippen molar-refractivity contribution in [3.63, 3.8) is 0 Å². The Balaban J connectivity index is 2.06. The lowest BCUT2D eigenvalue weighted by Gasteiger charge is -2.39. The molecular weight excluding hydrogens is 380 g/mol. The molecule has 0 saturated heterocycles. The molecule has 2 atom stereocenters. The number of esters is 1. The summed E-state index contributed by atoms with van der Waals surface area (Å²) in [5.41, 5.74) is 4.05. The molecule has 162 valence electrons. The van der Waals surface area contributed by atoms with Crippen molar-refractivity contribution < 1.29 is 19.1 Å². The third-order valence-corrected chi connectivity index (χ3v) is 5.86. The smallest absolute Gasteiger partial charge is 0.315 e. The number of aliphatic imine (C=N–C) groups is 1. The number of allylic oxidation sites excluding steroid dienone is 2. The van der Waals surface area contributed by atoms with Crippen LogP contribution >= 0.6 is 0 Å². The standard InChI is InChI=1S/C24H32N2O4/c1-15-20(23(28)30-12-11-29-6)21(16-7-9-17(10-8-16)26(4)5)22-18(25-15)13-24(2,3)14-19(22)27/h7-10,20-21H,11-14H2,1-6H3/t20?,21-/m1/s1. The van der Waals surface area contributed by atoms with E-state index < -0.39 is 5.92 Å². The van der Waals surface area contributed by atoms with Crippen molar-refractivity contribution in [2.75, 3.05) is 39.3 Å². The van der Waals surface area contributed by atoms with Crippen molar-refractivity contribution in [1.29, 1.82) is 0 Å². The van der Waals surface area contributed by atoms with Crippen molar-refractivity contribution in [2.45, 2.75) is 39.5 Å². The van der Waals surface area contributed by atoms with E-state index in [-0.39, 0.29) is 29.7 Å². The van der Waals surface area contributed by atoms with Gasteiger partial charge in [-0.15, -0.1) is 0 Å². The Labute approximate surface area is 179 Å². The Morgan fingerprint density at radius 3 is 2.43 bits per heavy atom. The summed E-state index contributed by atoms with van der Waals surface area (Å²) < 4.78 is 10.5. The molecule has 1 heterocycles. The quantitative estimate of drug-likeness (QED) is 0.526. The molecule has 0 N–H and O–H groups in total. The summed E-state index contributed by atoms with van der Waals surface area (Å²) in [7, 11) is 5.53. The summed E-state index contributed by atoms with van der Waals surface area (Å²) in [6.07, 6.45) is 1.18. The molecule has 0 fully saturated rings. The number of rotatable bonds is 6. The monoisotopic (exact) mass is 412 g/mol. The van der Waals surface area contributed by atoms with Crippen molar-refractivity contribution in [1.82, 2.24) is 0 Å². The molecule has 2 aliphatic rings. The molecule has 0 saturated carbocycles. The Kier molecular flexibility index (Phi) is 6.46. The maximum Gasteiger partial charge on any atom is 0.315 e. The number of hydrogen-bond acceptors (Lipinski definition) is 6. The average molecular weight is 413 g/mol. The number of anilines is 1. The summed E-state index contributed by atoms with van der Waals surface area (Å²) in [4.78, 5) is 33.0. The van der Waals surface area contributed by atoms with Gasteiger partial charge < -0.3 is 14.4 Å². The number of benzene rings is 1. The minimum atomic E-state index is -0.615. The van der Waals surface area contributed by atoms with Crippen LogP contribution in [0.3, 0.4) is 0 Å². The highest BCUT2D eigenvalue weighted by Gasteiger charge is 2.46. The predicted molar refractivity (Wildman–Crippen MR) is 118 cm³/mol. The van der Waals surface area contributed by atoms with E-state index in [0.29, 0.717) is 24.3 Å². The first-order chi connectivity index (χ1) is 14.1. The number of methoxy groups -OCH3 is 1. The second-order valence-corrected chi connectivity index (χ2v) is 9.16. The zero-order chi connectivity index (χ0) is 22.1. The Hall–Kier alpha value is -2.47. The Morgan fingerprint density at radius 2 is 1.83 bits per heavy atom. The molecule has 0 bridgehead atoms. The topological polar surface area (TPSA) is 68.2 Å². The molecule has 6 heteroatoms. The maximum atomic E-state index is 13.2. The molecule has 1 aliphatic heterocycles. The van der Waals surface area contributed by atoms with Crippen LogP contribution in [0.2, 0.25) is 0 Å². The minimum Gasteiger partial charge on any atom is -0.463 e.